The Kier molecular flexibility index (Phi) is 5.98. The normalized spacial score (nSPS) is 16.5. The molecule has 0 radical (unpaired) electrons. The third-order valence-electron chi connectivity index (χ3n) is 3.98. The van der Waals surface area contributed by atoms with Crippen molar-refractivity contribution in [3.8, 4) is 0 Å². The van der Waals surface area contributed by atoms with Gasteiger partial charge in [-0.15, -0.1) is 0 Å². The second-order valence-electron chi connectivity index (χ2n) is 6.26. The molecular formula is C18H25N3O3. The molecule has 1 aliphatic rings. The number of carbonyl (C=O) groups is 2. The Morgan fingerprint density at radius 3 is 2.75 bits per heavy atom. The van der Waals surface area contributed by atoms with Crippen LogP contribution in [0.4, 0.5) is 16.2 Å². The number of rotatable bonds is 5. The van der Waals surface area contributed by atoms with Gasteiger partial charge in [-0.2, -0.15) is 0 Å². The van der Waals surface area contributed by atoms with Crippen LogP contribution in [0, 0.1) is 12.8 Å². The Morgan fingerprint density at radius 2 is 2.08 bits per heavy atom. The van der Waals surface area contributed by atoms with Crippen LogP contribution in [-0.2, 0) is 9.53 Å². The molecule has 24 heavy (non-hydrogen) atoms. The quantitative estimate of drug-likeness (QED) is 0.815. The molecule has 0 fully saturated rings. The maximum Gasteiger partial charge on any atom is 0.322 e. The summed E-state index contributed by atoms with van der Waals surface area (Å²) in [5.74, 6) is 0.123. The molecule has 1 aliphatic heterocycles. The largest absolute Gasteiger partial charge is 0.375 e. The molecule has 3 amide bonds. The summed E-state index contributed by atoms with van der Waals surface area (Å²) < 4.78 is 4.80. The Bertz CT molecular complexity index is 640. The summed E-state index contributed by atoms with van der Waals surface area (Å²) in [6.07, 6.45) is 4.08. The van der Waals surface area contributed by atoms with Crippen molar-refractivity contribution >= 4 is 23.3 Å². The lowest BCUT2D eigenvalue weighted by atomic mass is 10.1. The average Bonchev–Trinajstić information content (AvgIpc) is 3.00. The number of nitrogens with zero attached hydrogens (tertiary/aromatic N) is 1. The standard InChI is InChI=1S/C18H25N3O3/c1-12(2)16-6-5-9-21(16)18(23)20-15-10-14(8-7-13(15)3)19-17(22)11-24-4/h5-8,10,12,16H,9,11H2,1-4H3,(H,19,22)(H,20,23)/t16-/m1/s1. The lowest BCUT2D eigenvalue weighted by Gasteiger charge is -2.28. The van der Waals surface area contributed by atoms with Gasteiger partial charge >= 0.3 is 6.03 Å². The third-order valence-corrected chi connectivity index (χ3v) is 3.98. The predicted octanol–water partition coefficient (Wildman–Crippen LogP) is 3.01. The van der Waals surface area contributed by atoms with Gasteiger partial charge < -0.3 is 20.3 Å². The van der Waals surface area contributed by atoms with Gasteiger partial charge in [-0.3, -0.25) is 4.79 Å². The zero-order chi connectivity index (χ0) is 17.7. The van der Waals surface area contributed by atoms with Crippen molar-refractivity contribution in [2.24, 2.45) is 5.92 Å². The maximum atomic E-state index is 12.6. The third kappa shape index (κ3) is 4.35. The monoisotopic (exact) mass is 331 g/mol. The van der Waals surface area contributed by atoms with Gasteiger partial charge in [0.05, 0.1) is 6.04 Å². The Labute approximate surface area is 142 Å². The SMILES string of the molecule is COCC(=O)Nc1ccc(C)c(NC(=O)N2CC=C[C@@H]2C(C)C)c1. The van der Waals surface area contributed by atoms with Crippen LogP contribution in [0.25, 0.3) is 0 Å². The molecule has 0 aromatic heterocycles. The van der Waals surface area contributed by atoms with Crippen molar-refractivity contribution in [3.63, 3.8) is 0 Å². The molecule has 1 atom stereocenters. The van der Waals surface area contributed by atoms with E-state index in [2.05, 4.69) is 30.6 Å². The molecule has 0 unspecified atom stereocenters. The number of anilines is 2. The second-order valence-corrected chi connectivity index (χ2v) is 6.26. The number of carbonyl (C=O) groups excluding carboxylic acids is 2. The van der Waals surface area contributed by atoms with Gasteiger partial charge in [-0.25, -0.2) is 4.79 Å². The van der Waals surface area contributed by atoms with Crippen LogP contribution < -0.4 is 10.6 Å². The number of aryl methyl sites for hydroxylation is 1. The van der Waals surface area contributed by atoms with E-state index in [1.807, 2.05) is 19.1 Å². The number of nitrogens with one attached hydrogen (secondary N) is 2. The molecular weight excluding hydrogens is 306 g/mol. The van der Waals surface area contributed by atoms with Gasteiger partial charge in [0.25, 0.3) is 0 Å². The minimum atomic E-state index is -0.234. The molecule has 0 saturated heterocycles. The van der Waals surface area contributed by atoms with Crippen LogP contribution in [0.1, 0.15) is 19.4 Å². The first-order valence-corrected chi connectivity index (χ1v) is 8.06. The van der Waals surface area contributed by atoms with Crippen LogP contribution in [0.3, 0.4) is 0 Å². The van der Waals surface area contributed by atoms with Crippen molar-refractivity contribution in [1.82, 2.24) is 4.90 Å². The molecule has 0 saturated carbocycles. The highest BCUT2D eigenvalue weighted by atomic mass is 16.5. The van der Waals surface area contributed by atoms with Crippen molar-refractivity contribution < 1.29 is 14.3 Å². The second kappa shape index (κ2) is 7.97. The van der Waals surface area contributed by atoms with Crippen molar-refractivity contribution in [2.75, 3.05) is 30.9 Å². The summed E-state index contributed by atoms with van der Waals surface area (Å²) in [4.78, 5) is 26.0. The topological polar surface area (TPSA) is 70.7 Å². The maximum absolute atomic E-state index is 12.6. The van der Waals surface area contributed by atoms with Gasteiger partial charge in [0.15, 0.2) is 0 Å². The summed E-state index contributed by atoms with van der Waals surface area (Å²) in [6, 6.07) is 5.39. The predicted molar refractivity (Wildman–Crippen MR) is 95.2 cm³/mol. The summed E-state index contributed by atoms with van der Waals surface area (Å²) in [5, 5.41) is 5.69. The van der Waals surface area contributed by atoms with E-state index in [0.29, 0.717) is 23.8 Å². The fraction of sp³-hybridized carbons (Fsp3) is 0.444. The van der Waals surface area contributed by atoms with E-state index in [4.69, 9.17) is 4.74 Å². The highest BCUT2D eigenvalue weighted by Gasteiger charge is 2.27. The fourth-order valence-corrected chi connectivity index (χ4v) is 2.69. The number of urea groups is 1. The molecule has 1 aromatic carbocycles. The van der Waals surface area contributed by atoms with E-state index in [1.54, 1.807) is 17.0 Å². The highest BCUT2D eigenvalue weighted by molar-refractivity contribution is 5.95. The average molecular weight is 331 g/mol. The first-order valence-electron chi connectivity index (χ1n) is 8.06. The lowest BCUT2D eigenvalue weighted by molar-refractivity contribution is -0.119. The number of benzene rings is 1. The molecule has 1 heterocycles. The van der Waals surface area contributed by atoms with E-state index in [9.17, 15) is 9.59 Å². The van der Waals surface area contributed by atoms with Crippen LogP contribution in [0.15, 0.2) is 30.4 Å². The molecule has 0 bridgehead atoms. The highest BCUT2D eigenvalue weighted by Crippen LogP contribution is 2.23. The van der Waals surface area contributed by atoms with Crippen molar-refractivity contribution in [2.45, 2.75) is 26.8 Å². The van der Waals surface area contributed by atoms with Crippen LogP contribution >= 0.6 is 0 Å². The summed E-state index contributed by atoms with van der Waals surface area (Å²) in [5.41, 5.74) is 2.24. The fourth-order valence-electron chi connectivity index (χ4n) is 2.69. The molecule has 2 rings (SSSR count). The summed E-state index contributed by atoms with van der Waals surface area (Å²) in [7, 11) is 1.47. The lowest BCUT2D eigenvalue weighted by Crippen LogP contribution is -2.41. The molecule has 0 spiro atoms. The Balaban J connectivity index is 2.08. The van der Waals surface area contributed by atoms with E-state index in [-0.39, 0.29) is 24.6 Å². The minimum Gasteiger partial charge on any atom is -0.375 e. The van der Waals surface area contributed by atoms with Crippen molar-refractivity contribution in [1.29, 1.82) is 0 Å². The van der Waals surface area contributed by atoms with Crippen LogP contribution in [0.5, 0.6) is 0 Å². The molecule has 130 valence electrons. The zero-order valence-electron chi connectivity index (χ0n) is 14.6. The number of hydrogen-bond acceptors (Lipinski definition) is 3. The first kappa shape index (κ1) is 18.0. The Morgan fingerprint density at radius 1 is 1.33 bits per heavy atom. The number of amides is 3. The summed E-state index contributed by atoms with van der Waals surface area (Å²) in [6.45, 7) is 6.71. The van der Waals surface area contributed by atoms with Gasteiger partial charge in [-0.05, 0) is 30.5 Å². The minimum absolute atomic E-state index is 0.00884. The zero-order valence-corrected chi connectivity index (χ0v) is 14.6. The first-order chi connectivity index (χ1) is 11.4. The van der Waals surface area contributed by atoms with Crippen molar-refractivity contribution in [3.05, 3.63) is 35.9 Å². The molecule has 6 nitrogen and oxygen atoms in total. The van der Waals surface area contributed by atoms with Gasteiger partial charge in [0.2, 0.25) is 5.91 Å². The van der Waals surface area contributed by atoms with E-state index < -0.39 is 0 Å². The molecule has 6 heteroatoms. The van der Waals surface area contributed by atoms with Gasteiger partial charge in [-0.1, -0.05) is 32.1 Å². The summed E-state index contributed by atoms with van der Waals surface area (Å²) >= 11 is 0. The molecule has 1 aromatic rings. The van der Waals surface area contributed by atoms with E-state index in [1.165, 1.54) is 7.11 Å². The van der Waals surface area contributed by atoms with Gasteiger partial charge in [0, 0.05) is 25.0 Å². The number of hydrogen-bond donors (Lipinski definition) is 2. The van der Waals surface area contributed by atoms with E-state index >= 15 is 0 Å². The Hall–Kier alpha value is -2.34. The van der Waals surface area contributed by atoms with E-state index in [0.717, 1.165) is 5.56 Å². The number of methoxy groups -OCH3 is 1. The number of ether oxygens (including phenoxy) is 1. The molecule has 0 aliphatic carbocycles. The van der Waals surface area contributed by atoms with Crippen LogP contribution in [-0.4, -0.2) is 43.1 Å². The van der Waals surface area contributed by atoms with Crippen LogP contribution in [0.2, 0.25) is 0 Å². The van der Waals surface area contributed by atoms with Gasteiger partial charge in [0.1, 0.15) is 6.61 Å². The molecule has 2 N–H and O–H groups in total. The smallest absolute Gasteiger partial charge is 0.322 e.